The summed E-state index contributed by atoms with van der Waals surface area (Å²) in [6, 6.07) is 0. The van der Waals surface area contributed by atoms with Crippen molar-refractivity contribution in [3.05, 3.63) is 11.6 Å². The molecule has 0 aromatic heterocycles. The van der Waals surface area contributed by atoms with E-state index in [4.69, 9.17) is 4.74 Å². The molecule has 6 heteroatoms. The lowest BCUT2D eigenvalue weighted by Gasteiger charge is -2.58. The molecule has 3 saturated carbocycles. The van der Waals surface area contributed by atoms with Crippen molar-refractivity contribution in [2.24, 2.45) is 34.5 Å². The van der Waals surface area contributed by atoms with Gasteiger partial charge in [-0.2, -0.15) is 0 Å². The van der Waals surface area contributed by atoms with Crippen LogP contribution in [0.4, 0.5) is 0 Å². The molecule has 0 saturated heterocycles. The standard InChI is InChI=1S/C47H82N2O4/c1-6-8-10-12-14-16-18-20-33-49(34-21-19-17-15-13-11-9-7-2)35-32-48-44(51)26-27-45(52)53-37(3)41-24-25-42-40-23-22-38-36-39(50)28-30-46(38,4)43(40)29-31-47(41,42)5/h36-37,40-43H,6-35H2,1-5H3,(H,48,51)/t37-,40?,41+,42?,43?,46-,47+/m0/s1. The highest BCUT2D eigenvalue weighted by molar-refractivity contribution is 5.91. The van der Waals surface area contributed by atoms with Gasteiger partial charge in [0.25, 0.3) is 0 Å². The second-order valence-corrected chi connectivity index (χ2v) is 18.5. The Morgan fingerprint density at radius 1 is 0.755 bits per heavy atom. The molecule has 0 bridgehead atoms. The molecule has 53 heavy (non-hydrogen) atoms. The summed E-state index contributed by atoms with van der Waals surface area (Å²) in [7, 11) is 0. The first-order chi connectivity index (χ1) is 25.6. The Hall–Kier alpha value is -1.69. The molecular formula is C47H82N2O4. The summed E-state index contributed by atoms with van der Waals surface area (Å²) in [6.07, 6.45) is 32.3. The first kappa shape index (κ1) is 44.0. The number of carbonyl (C=O) groups is 3. The average Bonchev–Trinajstić information content (AvgIpc) is 3.50. The molecule has 7 atom stereocenters. The third kappa shape index (κ3) is 12.9. The SMILES string of the molecule is CCCCCCCCCCN(CCCCCCCCCC)CCNC(=O)CCC(=O)O[C@@H](C)[C@H]1CCC2C3CCC4=CC(=O)CC[C@]4(C)C3CC[C@@]21C. The largest absolute Gasteiger partial charge is 0.462 e. The number of allylic oxidation sites excluding steroid dienone is 1. The van der Waals surface area contributed by atoms with Gasteiger partial charge in [0.05, 0.1) is 6.42 Å². The van der Waals surface area contributed by atoms with E-state index in [1.54, 1.807) is 0 Å². The highest BCUT2D eigenvalue weighted by Crippen LogP contribution is 2.67. The number of esters is 1. The molecule has 0 aromatic carbocycles. The minimum atomic E-state index is -0.230. The Labute approximate surface area is 326 Å². The number of fused-ring (bicyclic) bond motifs is 5. The second kappa shape index (κ2) is 22.8. The number of nitrogens with zero attached hydrogens (tertiary/aromatic N) is 1. The van der Waals surface area contributed by atoms with Gasteiger partial charge < -0.3 is 15.0 Å². The molecule has 4 aliphatic rings. The molecule has 4 aliphatic carbocycles. The van der Waals surface area contributed by atoms with Crippen molar-refractivity contribution < 1.29 is 19.1 Å². The van der Waals surface area contributed by atoms with Gasteiger partial charge in [0.2, 0.25) is 5.91 Å². The Balaban J connectivity index is 1.15. The summed E-state index contributed by atoms with van der Waals surface area (Å²) in [5.41, 5.74) is 1.80. The minimum absolute atomic E-state index is 0.0384. The molecule has 0 aliphatic heterocycles. The molecule has 0 spiro atoms. The lowest BCUT2D eigenvalue weighted by atomic mass is 9.46. The average molecular weight is 739 g/mol. The van der Waals surface area contributed by atoms with Crippen LogP contribution in [0.15, 0.2) is 11.6 Å². The molecule has 304 valence electrons. The zero-order valence-corrected chi connectivity index (χ0v) is 35.3. The van der Waals surface area contributed by atoms with E-state index in [1.165, 1.54) is 134 Å². The fourth-order valence-corrected chi connectivity index (χ4v) is 11.7. The monoisotopic (exact) mass is 739 g/mol. The first-order valence-corrected chi connectivity index (χ1v) is 23.0. The molecule has 0 radical (unpaired) electrons. The van der Waals surface area contributed by atoms with Crippen molar-refractivity contribution in [3.8, 4) is 0 Å². The molecule has 3 fully saturated rings. The van der Waals surface area contributed by atoms with Gasteiger partial charge in [-0.05, 0) is 112 Å². The van der Waals surface area contributed by atoms with Crippen LogP contribution in [0.1, 0.15) is 202 Å². The van der Waals surface area contributed by atoms with E-state index >= 15 is 0 Å². The maximum atomic E-state index is 13.1. The van der Waals surface area contributed by atoms with Crippen LogP contribution in [0.2, 0.25) is 0 Å². The number of ether oxygens (including phenoxy) is 1. The number of hydrogen-bond donors (Lipinski definition) is 1. The van der Waals surface area contributed by atoms with Crippen molar-refractivity contribution in [1.82, 2.24) is 10.2 Å². The molecule has 1 N–H and O–H groups in total. The number of hydrogen-bond acceptors (Lipinski definition) is 5. The van der Waals surface area contributed by atoms with Crippen molar-refractivity contribution in [2.75, 3.05) is 26.2 Å². The van der Waals surface area contributed by atoms with Crippen molar-refractivity contribution in [3.63, 3.8) is 0 Å². The van der Waals surface area contributed by atoms with Crippen LogP contribution in [0, 0.1) is 34.5 Å². The van der Waals surface area contributed by atoms with Gasteiger partial charge >= 0.3 is 5.97 Å². The van der Waals surface area contributed by atoms with Crippen LogP contribution in [0.25, 0.3) is 0 Å². The highest BCUT2D eigenvalue weighted by atomic mass is 16.5. The third-order valence-electron chi connectivity index (χ3n) is 14.9. The van der Waals surface area contributed by atoms with Crippen LogP contribution in [-0.4, -0.2) is 54.8 Å². The minimum Gasteiger partial charge on any atom is -0.462 e. The van der Waals surface area contributed by atoms with Crippen molar-refractivity contribution >= 4 is 17.7 Å². The van der Waals surface area contributed by atoms with Crippen molar-refractivity contribution in [2.45, 2.75) is 208 Å². The van der Waals surface area contributed by atoms with E-state index in [1.807, 2.05) is 6.08 Å². The van der Waals surface area contributed by atoms with Gasteiger partial charge in [-0.1, -0.05) is 123 Å². The number of nitrogens with one attached hydrogen (secondary N) is 1. The Bertz CT molecular complexity index is 1130. The molecule has 0 heterocycles. The lowest BCUT2D eigenvalue weighted by molar-refractivity contribution is -0.156. The summed E-state index contributed by atoms with van der Waals surface area (Å²) in [4.78, 5) is 40.7. The van der Waals surface area contributed by atoms with Crippen LogP contribution in [0.3, 0.4) is 0 Å². The predicted molar refractivity (Wildman–Crippen MR) is 220 cm³/mol. The summed E-state index contributed by atoms with van der Waals surface area (Å²) in [6.45, 7) is 15.4. The lowest BCUT2D eigenvalue weighted by Crippen LogP contribution is -2.51. The summed E-state index contributed by atoms with van der Waals surface area (Å²) in [5.74, 6) is 2.47. The van der Waals surface area contributed by atoms with E-state index in [-0.39, 0.29) is 41.7 Å². The third-order valence-corrected chi connectivity index (χ3v) is 14.9. The number of amides is 1. The number of unbranched alkanes of at least 4 members (excludes halogenated alkanes) is 14. The highest BCUT2D eigenvalue weighted by Gasteiger charge is 2.60. The van der Waals surface area contributed by atoms with Gasteiger partial charge in [-0.3, -0.25) is 14.4 Å². The van der Waals surface area contributed by atoms with Gasteiger partial charge in [0, 0.05) is 31.8 Å². The molecule has 1 amide bonds. The van der Waals surface area contributed by atoms with E-state index in [0.29, 0.717) is 42.4 Å². The van der Waals surface area contributed by atoms with Crippen LogP contribution in [-0.2, 0) is 19.1 Å². The van der Waals surface area contributed by atoms with Gasteiger partial charge in [0.15, 0.2) is 5.78 Å². The van der Waals surface area contributed by atoms with Crippen LogP contribution < -0.4 is 5.32 Å². The second-order valence-electron chi connectivity index (χ2n) is 18.5. The van der Waals surface area contributed by atoms with E-state index in [0.717, 1.165) is 38.9 Å². The zero-order chi connectivity index (χ0) is 38.1. The van der Waals surface area contributed by atoms with Crippen LogP contribution >= 0.6 is 0 Å². The summed E-state index contributed by atoms with van der Waals surface area (Å²) in [5, 5.41) is 3.12. The summed E-state index contributed by atoms with van der Waals surface area (Å²) < 4.78 is 6.10. The quantitative estimate of drug-likeness (QED) is 0.0706. The predicted octanol–water partition coefficient (Wildman–Crippen LogP) is 11.5. The fraction of sp³-hybridized carbons (Fsp3) is 0.894. The Morgan fingerprint density at radius 2 is 1.36 bits per heavy atom. The van der Waals surface area contributed by atoms with Gasteiger partial charge in [0.1, 0.15) is 6.10 Å². The van der Waals surface area contributed by atoms with Crippen molar-refractivity contribution in [1.29, 1.82) is 0 Å². The molecular weight excluding hydrogens is 657 g/mol. The van der Waals surface area contributed by atoms with E-state index in [9.17, 15) is 14.4 Å². The van der Waals surface area contributed by atoms with Gasteiger partial charge in [-0.15, -0.1) is 0 Å². The maximum absolute atomic E-state index is 13.1. The van der Waals surface area contributed by atoms with Gasteiger partial charge in [-0.25, -0.2) is 0 Å². The zero-order valence-electron chi connectivity index (χ0n) is 35.3. The fourth-order valence-electron chi connectivity index (χ4n) is 11.7. The van der Waals surface area contributed by atoms with Crippen LogP contribution in [0.5, 0.6) is 0 Å². The normalized spacial score (nSPS) is 28.6. The number of rotatable bonds is 26. The van der Waals surface area contributed by atoms with E-state index in [2.05, 4.69) is 44.8 Å². The smallest absolute Gasteiger partial charge is 0.306 e. The first-order valence-electron chi connectivity index (χ1n) is 23.0. The molecule has 3 unspecified atom stereocenters. The Morgan fingerprint density at radius 3 is 1.98 bits per heavy atom. The number of carbonyl (C=O) groups excluding carboxylic acids is 3. The van der Waals surface area contributed by atoms with E-state index < -0.39 is 0 Å². The maximum Gasteiger partial charge on any atom is 0.306 e. The summed E-state index contributed by atoms with van der Waals surface area (Å²) >= 11 is 0. The molecule has 6 nitrogen and oxygen atoms in total. The topological polar surface area (TPSA) is 75.7 Å². The molecule has 0 aromatic rings. The molecule has 4 rings (SSSR count). The Kier molecular flexibility index (Phi) is 18.9. The number of ketones is 1.